The fourth-order valence-electron chi connectivity index (χ4n) is 2.29. The molecule has 0 fully saturated rings. The summed E-state index contributed by atoms with van der Waals surface area (Å²) in [5, 5.41) is 7.08. The van der Waals surface area contributed by atoms with Gasteiger partial charge in [0.2, 0.25) is 5.91 Å². The summed E-state index contributed by atoms with van der Waals surface area (Å²) in [6.07, 6.45) is 1.19. The number of nitrogens with one attached hydrogen (secondary N) is 2. The number of anilines is 4. The fourth-order valence-corrected chi connectivity index (χ4v) is 2.75. The van der Waals surface area contributed by atoms with Crippen LogP contribution in [0.3, 0.4) is 0 Å². The molecule has 1 aliphatic heterocycles. The Morgan fingerprint density at radius 2 is 1.90 bits per heavy atom. The number of nitrogen functional groups attached to an aromatic ring is 1. The van der Waals surface area contributed by atoms with Crippen LogP contribution in [0.4, 0.5) is 22.7 Å². The predicted octanol–water partition coefficient (Wildman–Crippen LogP) is 4.20. The molecule has 4 nitrogen and oxygen atoms in total. The van der Waals surface area contributed by atoms with E-state index in [1.807, 2.05) is 12.1 Å². The molecule has 0 aromatic heterocycles. The highest BCUT2D eigenvalue weighted by molar-refractivity contribution is 6.36. The molecule has 0 saturated heterocycles. The van der Waals surface area contributed by atoms with Crippen molar-refractivity contribution in [3.05, 3.63) is 45.9 Å². The maximum atomic E-state index is 11.5. The normalized spacial score (nSPS) is 13.5. The monoisotopic (exact) mass is 321 g/mol. The molecule has 0 saturated carbocycles. The van der Waals surface area contributed by atoms with Crippen LogP contribution in [-0.2, 0) is 11.2 Å². The summed E-state index contributed by atoms with van der Waals surface area (Å²) in [4.78, 5) is 11.5. The lowest BCUT2D eigenvalue weighted by atomic mass is 10.0. The maximum Gasteiger partial charge on any atom is 0.224 e. The van der Waals surface area contributed by atoms with Gasteiger partial charge in [-0.15, -0.1) is 0 Å². The van der Waals surface area contributed by atoms with E-state index in [-0.39, 0.29) is 5.91 Å². The maximum absolute atomic E-state index is 11.5. The molecule has 1 heterocycles. The molecule has 6 heteroatoms. The first-order valence-corrected chi connectivity index (χ1v) is 7.23. The van der Waals surface area contributed by atoms with Gasteiger partial charge in [-0.3, -0.25) is 4.79 Å². The summed E-state index contributed by atoms with van der Waals surface area (Å²) in [6.45, 7) is 0. The van der Waals surface area contributed by atoms with Crippen molar-refractivity contribution in [3.8, 4) is 0 Å². The molecule has 0 aliphatic carbocycles. The van der Waals surface area contributed by atoms with Crippen LogP contribution in [0.1, 0.15) is 12.0 Å². The SMILES string of the molecule is Nc1cc2c(cc1Nc1ccc(Cl)cc1Cl)NC(=O)CC2. The first-order valence-electron chi connectivity index (χ1n) is 6.47. The molecule has 3 rings (SSSR count). The number of halogens is 2. The third-order valence-corrected chi connectivity index (χ3v) is 3.92. The topological polar surface area (TPSA) is 67.2 Å². The molecule has 21 heavy (non-hydrogen) atoms. The number of carbonyl (C=O) groups excluding carboxylic acids is 1. The number of rotatable bonds is 2. The van der Waals surface area contributed by atoms with Crippen molar-refractivity contribution in [1.82, 2.24) is 0 Å². The van der Waals surface area contributed by atoms with Gasteiger partial charge in [0.05, 0.1) is 22.1 Å². The molecule has 0 radical (unpaired) electrons. The van der Waals surface area contributed by atoms with E-state index in [2.05, 4.69) is 10.6 Å². The molecular formula is C15H13Cl2N3O. The Balaban J connectivity index is 1.95. The minimum Gasteiger partial charge on any atom is -0.397 e. The van der Waals surface area contributed by atoms with E-state index >= 15 is 0 Å². The number of aryl methyl sites for hydroxylation is 1. The van der Waals surface area contributed by atoms with Gasteiger partial charge in [0.25, 0.3) is 0 Å². The van der Waals surface area contributed by atoms with Gasteiger partial charge in [0.15, 0.2) is 0 Å². The minimum absolute atomic E-state index is 0.0164. The third-order valence-electron chi connectivity index (χ3n) is 3.37. The predicted molar refractivity (Wildman–Crippen MR) is 87.5 cm³/mol. The van der Waals surface area contributed by atoms with Gasteiger partial charge in [-0.25, -0.2) is 0 Å². The highest BCUT2D eigenvalue weighted by atomic mass is 35.5. The Kier molecular flexibility index (Phi) is 3.66. The molecule has 0 bridgehead atoms. The minimum atomic E-state index is 0.0164. The Morgan fingerprint density at radius 3 is 2.67 bits per heavy atom. The van der Waals surface area contributed by atoms with Crippen LogP contribution in [0.15, 0.2) is 30.3 Å². The second kappa shape index (κ2) is 5.47. The van der Waals surface area contributed by atoms with Crippen molar-refractivity contribution < 1.29 is 4.79 Å². The number of nitrogens with two attached hydrogens (primary N) is 1. The Labute approximate surface area is 132 Å². The van der Waals surface area contributed by atoms with E-state index in [9.17, 15) is 4.79 Å². The summed E-state index contributed by atoms with van der Waals surface area (Å²) < 4.78 is 0. The van der Waals surface area contributed by atoms with E-state index < -0.39 is 0 Å². The van der Waals surface area contributed by atoms with E-state index in [0.717, 1.165) is 11.3 Å². The molecule has 2 aromatic carbocycles. The number of benzene rings is 2. The molecule has 0 spiro atoms. The molecule has 0 atom stereocenters. The van der Waals surface area contributed by atoms with Gasteiger partial charge in [-0.1, -0.05) is 23.2 Å². The van der Waals surface area contributed by atoms with Crippen molar-refractivity contribution in [2.75, 3.05) is 16.4 Å². The van der Waals surface area contributed by atoms with Crippen molar-refractivity contribution in [2.45, 2.75) is 12.8 Å². The Hall–Kier alpha value is -1.91. The summed E-state index contributed by atoms with van der Waals surface area (Å²) in [5.41, 5.74) is 9.89. The van der Waals surface area contributed by atoms with Crippen LogP contribution in [0.2, 0.25) is 10.0 Å². The van der Waals surface area contributed by atoms with E-state index in [0.29, 0.717) is 39.9 Å². The summed E-state index contributed by atoms with van der Waals surface area (Å²) in [5.74, 6) is 0.0164. The van der Waals surface area contributed by atoms with Crippen LogP contribution < -0.4 is 16.4 Å². The zero-order valence-electron chi connectivity index (χ0n) is 11.0. The number of fused-ring (bicyclic) bond motifs is 1. The zero-order chi connectivity index (χ0) is 15.0. The Bertz CT molecular complexity index is 731. The molecular weight excluding hydrogens is 309 g/mol. The van der Waals surface area contributed by atoms with Crippen LogP contribution in [0, 0.1) is 0 Å². The van der Waals surface area contributed by atoms with Crippen molar-refractivity contribution >= 4 is 51.9 Å². The van der Waals surface area contributed by atoms with Gasteiger partial charge in [-0.2, -0.15) is 0 Å². The van der Waals surface area contributed by atoms with Crippen molar-refractivity contribution in [1.29, 1.82) is 0 Å². The zero-order valence-corrected chi connectivity index (χ0v) is 12.6. The first-order chi connectivity index (χ1) is 10.0. The Morgan fingerprint density at radius 1 is 1.10 bits per heavy atom. The van der Waals surface area contributed by atoms with Crippen LogP contribution in [0.5, 0.6) is 0 Å². The average molecular weight is 322 g/mol. The number of carbonyl (C=O) groups is 1. The van der Waals surface area contributed by atoms with Crippen molar-refractivity contribution in [3.63, 3.8) is 0 Å². The van der Waals surface area contributed by atoms with Crippen LogP contribution in [0.25, 0.3) is 0 Å². The molecule has 0 unspecified atom stereocenters. The highest BCUT2D eigenvalue weighted by Gasteiger charge is 2.17. The quantitative estimate of drug-likeness (QED) is 0.726. The van der Waals surface area contributed by atoms with Gasteiger partial charge in [-0.05, 0) is 42.3 Å². The number of amides is 1. The lowest BCUT2D eigenvalue weighted by molar-refractivity contribution is -0.116. The largest absolute Gasteiger partial charge is 0.397 e. The van der Waals surface area contributed by atoms with E-state index in [1.165, 1.54) is 0 Å². The molecule has 1 amide bonds. The smallest absolute Gasteiger partial charge is 0.224 e. The van der Waals surface area contributed by atoms with Crippen LogP contribution in [-0.4, -0.2) is 5.91 Å². The summed E-state index contributed by atoms with van der Waals surface area (Å²) >= 11 is 12.0. The second-order valence-electron chi connectivity index (χ2n) is 4.89. The first kappa shape index (κ1) is 14.0. The summed E-state index contributed by atoms with van der Waals surface area (Å²) in [6, 6.07) is 8.88. The second-order valence-corrected chi connectivity index (χ2v) is 5.74. The highest BCUT2D eigenvalue weighted by Crippen LogP contribution is 2.35. The van der Waals surface area contributed by atoms with Crippen LogP contribution >= 0.6 is 23.2 Å². The molecule has 1 aliphatic rings. The third kappa shape index (κ3) is 2.91. The summed E-state index contributed by atoms with van der Waals surface area (Å²) in [7, 11) is 0. The average Bonchev–Trinajstić information content (AvgIpc) is 2.43. The molecule has 4 N–H and O–H groups in total. The lowest BCUT2D eigenvalue weighted by Crippen LogP contribution is -2.19. The van der Waals surface area contributed by atoms with Crippen molar-refractivity contribution in [2.24, 2.45) is 0 Å². The van der Waals surface area contributed by atoms with Gasteiger partial charge >= 0.3 is 0 Å². The van der Waals surface area contributed by atoms with Gasteiger partial charge < -0.3 is 16.4 Å². The fraction of sp³-hybridized carbons (Fsp3) is 0.133. The van der Waals surface area contributed by atoms with Gasteiger partial charge in [0, 0.05) is 17.1 Å². The van der Waals surface area contributed by atoms with E-state index in [4.69, 9.17) is 28.9 Å². The number of hydrogen-bond donors (Lipinski definition) is 3. The van der Waals surface area contributed by atoms with E-state index in [1.54, 1.807) is 18.2 Å². The van der Waals surface area contributed by atoms with Gasteiger partial charge in [0.1, 0.15) is 0 Å². The lowest BCUT2D eigenvalue weighted by Gasteiger charge is -2.20. The molecule has 2 aromatic rings. The molecule has 108 valence electrons. The number of hydrogen-bond acceptors (Lipinski definition) is 3. The standard InChI is InChI=1S/C15H13Cl2N3O/c16-9-2-3-12(10(17)6-9)19-14-7-13-8(5-11(14)18)1-4-15(21)20-13/h2-3,5-7,19H,1,4,18H2,(H,20,21).